The molecule has 1 N–H and O–H groups in total. The number of unbranched alkanes of at least 4 members (excludes halogenated alkanes) is 1. The maximum Gasteiger partial charge on any atom is 0.255 e. The van der Waals surface area contributed by atoms with Crippen LogP contribution in [0, 0.1) is 0 Å². The molecule has 0 fully saturated rings. The van der Waals surface area contributed by atoms with Gasteiger partial charge in [-0.05, 0) is 25.5 Å². The molecule has 1 aromatic carbocycles. The molecule has 1 rings (SSSR count). The third kappa shape index (κ3) is 5.63. The fraction of sp³-hybridized carbons (Fsp3) is 0.500. The molecule has 6 heteroatoms. The smallest absolute Gasteiger partial charge is 0.255 e. The summed E-state index contributed by atoms with van der Waals surface area (Å²) in [6.45, 7) is 5.06. The van der Waals surface area contributed by atoms with Gasteiger partial charge < -0.3 is 19.6 Å². The number of hydrogen-bond acceptors (Lipinski definition) is 5. The first-order valence-corrected chi connectivity index (χ1v) is 7.46. The van der Waals surface area contributed by atoms with Crippen LogP contribution in [0.4, 0.5) is 0 Å². The molecule has 0 spiro atoms. The van der Waals surface area contributed by atoms with E-state index in [4.69, 9.17) is 14.3 Å². The Labute approximate surface area is 131 Å². The zero-order chi connectivity index (χ0) is 16.2. The lowest BCUT2D eigenvalue weighted by Gasteiger charge is -2.13. The van der Waals surface area contributed by atoms with Gasteiger partial charge in [-0.1, -0.05) is 24.6 Å². The molecule has 0 bridgehead atoms. The Morgan fingerprint density at radius 1 is 1.36 bits per heavy atom. The van der Waals surface area contributed by atoms with Gasteiger partial charge in [-0.2, -0.15) is 0 Å². The minimum atomic E-state index is -0.233. The van der Waals surface area contributed by atoms with Crippen molar-refractivity contribution in [2.75, 3.05) is 26.9 Å². The van der Waals surface area contributed by atoms with E-state index in [1.54, 1.807) is 31.5 Å². The van der Waals surface area contributed by atoms with E-state index in [0.717, 1.165) is 12.8 Å². The molecule has 1 aromatic rings. The van der Waals surface area contributed by atoms with Crippen molar-refractivity contribution in [3.05, 3.63) is 23.8 Å². The molecule has 6 nitrogen and oxygen atoms in total. The van der Waals surface area contributed by atoms with Crippen LogP contribution in [0.1, 0.15) is 37.0 Å². The summed E-state index contributed by atoms with van der Waals surface area (Å²) >= 11 is 0. The molecule has 0 saturated heterocycles. The van der Waals surface area contributed by atoms with Gasteiger partial charge in [0.1, 0.15) is 6.61 Å². The number of amides is 1. The number of ether oxygens (including phenoxy) is 2. The summed E-state index contributed by atoms with van der Waals surface area (Å²) in [6.07, 6.45) is 3.63. The Balaban J connectivity index is 2.54. The van der Waals surface area contributed by atoms with Gasteiger partial charge in [-0.25, -0.2) is 0 Å². The van der Waals surface area contributed by atoms with Crippen LogP contribution in [-0.4, -0.2) is 39.0 Å². The average Bonchev–Trinajstić information content (AvgIpc) is 2.54. The predicted molar refractivity (Wildman–Crippen MR) is 85.8 cm³/mol. The number of oxime groups is 1. The molecule has 1 amide bonds. The van der Waals surface area contributed by atoms with E-state index in [1.807, 2.05) is 6.92 Å². The SMILES string of the molecule is CCC/C=N/OCCNC(=O)c1cccc(OC)c1OCC. The summed E-state index contributed by atoms with van der Waals surface area (Å²) in [5.74, 6) is 0.755. The number of rotatable bonds is 10. The summed E-state index contributed by atoms with van der Waals surface area (Å²) < 4.78 is 10.7. The van der Waals surface area contributed by atoms with Crippen molar-refractivity contribution in [1.29, 1.82) is 0 Å². The number of nitrogens with one attached hydrogen (secondary N) is 1. The first-order chi connectivity index (χ1) is 10.7. The summed E-state index contributed by atoms with van der Waals surface area (Å²) in [7, 11) is 1.54. The molecule has 22 heavy (non-hydrogen) atoms. The number of benzene rings is 1. The largest absolute Gasteiger partial charge is 0.493 e. The zero-order valence-electron chi connectivity index (χ0n) is 13.4. The average molecular weight is 308 g/mol. The van der Waals surface area contributed by atoms with Gasteiger partial charge in [-0.15, -0.1) is 0 Å². The lowest BCUT2D eigenvalue weighted by atomic mass is 10.1. The fourth-order valence-electron chi connectivity index (χ4n) is 1.74. The van der Waals surface area contributed by atoms with Crippen molar-refractivity contribution < 1.29 is 19.1 Å². The Morgan fingerprint density at radius 2 is 2.18 bits per heavy atom. The molecule has 0 unspecified atom stereocenters. The van der Waals surface area contributed by atoms with Gasteiger partial charge in [0, 0.05) is 6.21 Å². The van der Waals surface area contributed by atoms with Crippen LogP contribution >= 0.6 is 0 Å². The second kappa shape index (κ2) is 10.5. The van der Waals surface area contributed by atoms with E-state index in [0.29, 0.717) is 36.8 Å². The monoisotopic (exact) mass is 308 g/mol. The van der Waals surface area contributed by atoms with E-state index in [-0.39, 0.29) is 5.91 Å². The van der Waals surface area contributed by atoms with Crippen LogP contribution in [0.5, 0.6) is 11.5 Å². The second-order valence-corrected chi connectivity index (χ2v) is 4.44. The highest BCUT2D eigenvalue weighted by molar-refractivity contribution is 5.97. The molecule has 0 aliphatic carbocycles. The molecule has 122 valence electrons. The van der Waals surface area contributed by atoms with E-state index in [9.17, 15) is 4.79 Å². The van der Waals surface area contributed by atoms with Crippen LogP contribution in [-0.2, 0) is 4.84 Å². The minimum absolute atomic E-state index is 0.233. The molecule has 0 aliphatic rings. The summed E-state index contributed by atoms with van der Waals surface area (Å²) in [6, 6.07) is 5.21. The van der Waals surface area contributed by atoms with Crippen molar-refractivity contribution in [2.45, 2.75) is 26.7 Å². The quantitative estimate of drug-likeness (QED) is 0.410. The van der Waals surface area contributed by atoms with Gasteiger partial charge >= 0.3 is 0 Å². The second-order valence-electron chi connectivity index (χ2n) is 4.44. The Kier molecular flexibility index (Phi) is 8.49. The highest BCUT2D eigenvalue weighted by atomic mass is 16.6. The first-order valence-electron chi connectivity index (χ1n) is 7.46. The highest BCUT2D eigenvalue weighted by Crippen LogP contribution is 2.30. The van der Waals surface area contributed by atoms with Crippen molar-refractivity contribution >= 4 is 12.1 Å². The molecule has 0 radical (unpaired) electrons. The van der Waals surface area contributed by atoms with E-state index in [2.05, 4.69) is 17.4 Å². The van der Waals surface area contributed by atoms with Crippen molar-refractivity contribution in [3.8, 4) is 11.5 Å². The summed E-state index contributed by atoms with van der Waals surface area (Å²) in [4.78, 5) is 17.2. The van der Waals surface area contributed by atoms with E-state index >= 15 is 0 Å². The number of para-hydroxylation sites is 1. The first kappa shape index (κ1) is 17.8. The Hall–Kier alpha value is -2.24. The summed E-state index contributed by atoms with van der Waals surface area (Å²) in [5, 5.41) is 6.55. The Bertz CT molecular complexity index is 489. The molecule has 0 atom stereocenters. The molecule has 0 saturated carbocycles. The van der Waals surface area contributed by atoms with Crippen molar-refractivity contribution in [1.82, 2.24) is 5.32 Å². The third-order valence-corrected chi connectivity index (χ3v) is 2.78. The van der Waals surface area contributed by atoms with Crippen molar-refractivity contribution in [3.63, 3.8) is 0 Å². The topological polar surface area (TPSA) is 69.2 Å². The molecule has 0 aliphatic heterocycles. The maximum atomic E-state index is 12.2. The van der Waals surface area contributed by atoms with Gasteiger partial charge in [0.15, 0.2) is 11.5 Å². The predicted octanol–water partition coefficient (Wildman–Crippen LogP) is 2.63. The number of nitrogens with zero attached hydrogens (tertiary/aromatic N) is 1. The van der Waals surface area contributed by atoms with E-state index in [1.165, 1.54) is 0 Å². The maximum absolute atomic E-state index is 12.2. The number of carbonyl (C=O) groups is 1. The van der Waals surface area contributed by atoms with E-state index < -0.39 is 0 Å². The number of carbonyl (C=O) groups excluding carboxylic acids is 1. The molecule has 0 heterocycles. The standard InChI is InChI=1S/C16H24N2O4/c1-4-6-10-18-22-12-11-17-16(19)13-8-7-9-14(20-3)15(13)21-5-2/h7-10H,4-6,11-12H2,1-3H3,(H,17,19)/b18-10+. The van der Waals surface area contributed by atoms with Gasteiger partial charge in [0.05, 0.1) is 25.8 Å². The zero-order valence-corrected chi connectivity index (χ0v) is 13.4. The summed E-state index contributed by atoms with van der Waals surface area (Å²) in [5.41, 5.74) is 0.440. The molecular formula is C16H24N2O4. The van der Waals surface area contributed by atoms with Crippen LogP contribution in [0.3, 0.4) is 0 Å². The molecular weight excluding hydrogens is 284 g/mol. The number of methoxy groups -OCH3 is 1. The van der Waals surface area contributed by atoms with Crippen LogP contribution in [0.15, 0.2) is 23.4 Å². The van der Waals surface area contributed by atoms with Crippen LogP contribution in [0.25, 0.3) is 0 Å². The van der Waals surface area contributed by atoms with Gasteiger partial charge in [0.2, 0.25) is 0 Å². The normalized spacial score (nSPS) is 10.5. The van der Waals surface area contributed by atoms with Crippen LogP contribution in [0.2, 0.25) is 0 Å². The molecule has 0 aromatic heterocycles. The Morgan fingerprint density at radius 3 is 2.86 bits per heavy atom. The minimum Gasteiger partial charge on any atom is -0.493 e. The van der Waals surface area contributed by atoms with Gasteiger partial charge in [-0.3, -0.25) is 4.79 Å². The highest BCUT2D eigenvalue weighted by Gasteiger charge is 2.16. The number of hydrogen-bond donors (Lipinski definition) is 1. The van der Waals surface area contributed by atoms with Crippen molar-refractivity contribution in [2.24, 2.45) is 5.16 Å². The van der Waals surface area contributed by atoms with Gasteiger partial charge in [0.25, 0.3) is 5.91 Å². The fourth-order valence-corrected chi connectivity index (χ4v) is 1.74. The lowest BCUT2D eigenvalue weighted by Crippen LogP contribution is -2.27. The lowest BCUT2D eigenvalue weighted by molar-refractivity contribution is 0.0917. The third-order valence-electron chi connectivity index (χ3n) is 2.78. The van der Waals surface area contributed by atoms with Crippen LogP contribution < -0.4 is 14.8 Å².